The molecule has 1 fully saturated rings. The molecule has 0 radical (unpaired) electrons. The molecule has 2 unspecified atom stereocenters. The first-order chi connectivity index (χ1) is 9.41. The Morgan fingerprint density at radius 1 is 1.30 bits per heavy atom. The minimum atomic E-state index is -1.22. The molecule has 1 aromatic carbocycles. The van der Waals surface area contributed by atoms with Crippen molar-refractivity contribution in [2.24, 2.45) is 0 Å². The molecular formula is C13H17F2N3O2. The number of anilines is 1. The Kier molecular flexibility index (Phi) is 4.17. The Bertz CT molecular complexity index is 515. The molecule has 110 valence electrons. The number of nitro benzene ring substituents is 1. The van der Waals surface area contributed by atoms with Crippen LogP contribution in [0, 0.1) is 21.7 Å². The third-order valence-electron chi connectivity index (χ3n) is 3.70. The van der Waals surface area contributed by atoms with Gasteiger partial charge in [0.1, 0.15) is 0 Å². The molecule has 5 nitrogen and oxygen atoms in total. The molecule has 1 N–H and O–H groups in total. The molecule has 2 atom stereocenters. The summed E-state index contributed by atoms with van der Waals surface area (Å²) < 4.78 is 27.2. The van der Waals surface area contributed by atoms with Crippen LogP contribution in [-0.2, 0) is 0 Å². The number of halogens is 2. The van der Waals surface area contributed by atoms with Crippen LogP contribution in [0.25, 0.3) is 0 Å². The van der Waals surface area contributed by atoms with E-state index in [1.165, 1.54) is 0 Å². The Hall–Kier alpha value is -1.76. The van der Waals surface area contributed by atoms with Gasteiger partial charge in [-0.25, -0.2) is 13.8 Å². The van der Waals surface area contributed by atoms with Gasteiger partial charge in [0.25, 0.3) is 5.69 Å². The average Bonchev–Trinajstić information content (AvgIpc) is 2.38. The van der Waals surface area contributed by atoms with Crippen LogP contribution in [0.4, 0.5) is 20.2 Å². The number of nitrogens with one attached hydrogen (secondary N) is 1. The van der Waals surface area contributed by atoms with Crippen molar-refractivity contribution in [3.05, 3.63) is 33.9 Å². The molecule has 1 aliphatic heterocycles. The maximum Gasteiger partial charge on any atom is 0.296 e. The third-order valence-corrected chi connectivity index (χ3v) is 3.70. The van der Waals surface area contributed by atoms with Crippen molar-refractivity contribution in [3.63, 3.8) is 0 Å². The first-order valence-corrected chi connectivity index (χ1v) is 6.59. The lowest BCUT2D eigenvalue weighted by molar-refractivity contribution is -0.384. The van der Waals surface area contributed by atoms with E-state index in [-0.39, 0.29) is 12.1 Å². The van der Waals surface area contributed by atoms with Gasteiger partial charge in [0.2, 0.25) is 0 Å². The molecule has 0 spiro atoms. The summed E-state index contributed by atoms with van der Waals surface area (Å²) in [4.78, 5) is 10.2. The lowest BCUT2D eigenvalue weighted by atomic mass is 10.00. The Balaban J connectivity index is 2.36. The van der Waals surface area contributed by atoms with Crippen molar-refractivity contribution >= 4 is 11.4 Å². The van der Waals surface area contributed by atoms with Crippen LogP contribution >= 0.6 is 0 Å². The second-order valence-electron chi connectivity index (χ2n) is 5.16. The number of nitro groups is 1. The summed E-state index contributed by atoms with van der Waals surface area (Å²) in [5.74, 6) is -2.32. The molecule has 0 aromatic heterocycles. The van der Waals surface area contributed by atoms with E-state index in [9.17, 15) is 18.9 Å². The Morgan fingerprint density at radius 3 is 2.45 bits per heavy atom. The van der Waals surface area contributed by atoms with Crippen LogP contribution in [0.3, 0.4) is 0 Å². The van der Waals surface area contributed by atoms with Gasteiger partial charge in [-0.2, -0.15) is 0 Å². The lowest BCUT2D eigenvalue weighted by Gasteiger charge is -2.39. The molecule has 1 heterocycles. The topological polar surface area (TPSA) is 58.4 Å². The fraction of sp³-hybridized carbons (Fsp3) is 0.538. The smallest absolute Gasteiger partial charge is 0.296 e. The molecule has 0 saturated carbocycles. The van der Waals surface area contributed by atoms with E-state index >= 15 is 0 Å². The summed E-state index contributed by atoms with van der Waals surface area (Å²) in [7, 11) is 0. The normalized spacial score (nSPS) is 23.6. The van der Waals surface area contributed by atoms with Gasteiger partial charge in [0.15, 0.2) is 17.3 Å². The number of nitrogens with zero attached hydrogens (tertiary/aromatic N) is 2. The van der Waals surface area contributed by atoms with E-state index in [4.69, 9.17) is 0 Å². The third kappa shape index (κ3) is 2.72. The van der Waals surface area contributed by atoms with Gasteiger partial charge in [-0.05, 0) is 32.8 Å². The van der Waals surface area contributed by atoms with Gasteiger partial charge in [-0.3, -0.25) is 10.1 Å². The molecule has 20 heavy (non-hydrogen) atoms. The Morgan fingerprint density at radius 2 is 1.90 bits per heavy atom. The van der Waals surface area contributed by atoms with E-state index in [0.29, 0.717) is 0 Å². The van der Waals surface area contributed by atoms with Crippen molar-refractivity contribution in [3.8, 4) is 0 Å². The van der Waals surface area contributed by atoms with E-state index < -0.39 is 27.9 Å². The van der Waals surface area contributed by atoms with E-state index in [1.807, 2.05) is 13.8 Å². The Labute approximate surface area is 115 Å². The van der Waals surface area contributed by atoms with Crippen molar-refractivity contribution in [2.45, 2.75) is 45.2 Å². The fourth-order valence-electron chi connectivity index (χ4n) is 2.57. The summed E-state index contributed by atoms with van der Waals surface area (Å²) in [5.41, 5.74) is 1.85. The molecule has 2 rings (SSSR count). The molecular weight excluding hydrogens is 268 g/mol. The second kappa shape index (κ2) is 5.70. The zero-order chi connectivity index (χ0) is 14.9. The van der Waals surface area contributed by atoms with Crippen molar-refractivity contribution in [1.82, 2.24) is 5.01 Å². The standard InChI is InChI=1S/C13H17F2N3O2/c1-8-4-3-5-9(2)17(8)16-13-11(18(19)20)7-6-10(14)12(13)15/h6-9,16H,3-5H2,1-2H3. The summed E-state index contributed by atoms with van der Waals surface area (Å²) in [6, 6.07) is 1.93. The summed E-state index contributed by atoms with van der Waals surface area (Å²) in [5, 5.41) is 12.7. The van der Waals surface area contributed by atoms with Gasteiger partial charge in [-0.1, -0.05) is 6.42 Å². The molecule has 1 saturated heterocycles. The molecule has 1 aliphatic rings. The molecule has 0 amide bonds. The predicted molar refractivity (Wildman–Crippen MR) is 71.2 cm³/mol. The summed E-state index contributed by atoms with van der Waals surface area (Å²) >= 11 is 0. The van der Waals surface area contributed by atoms with Crippen molar-refractivity contribution in [1.29, 1.82) is 0 Å². The van der Waals surface area contributed by atoms with E-state index in [1.54, 1.807) is 5.01 Å². The van der Waals surface area contributed by atoms with Crippen LogP contribution in [0.2, 0.25) is 0 Å². The quantitative estimate of drug-likeness (QED) is 0.682. The number of benzene rings is 1. The van der Waals surface area contributed by atoms with Crippen molar-refractivity contribution < 1.29 is 13.7 Å². The highest BCUT2D eigenvalue weighted by atomic mass is 19.2. The van der Waals surface area contributed by atoms with Crippen LogP contribution in [-0.4, -0.2) is 22.0 Å². The zero-order valence-corrected chi connectivity index (χ0v) is 11.4. The predicted octanol–water partition coefficient (Wildman–Crippen LogP) is 3.46. The van der Waals surface area contributed by atoms with Gasteiger partial charge in [0, 0.05) is 18.2 Å². The van der Waals surface area contributed by atoms with Crippen LogP contribution < -0.4 is 5.43 Å². The first-order valence-electron chi connectivity index (χ1n) is 6.59. The molecule has 7 heteroatoms. The van der Waals surface area contributed by atoms with Gasteiger partial charge in [-0.15, -0.1) is 0 Å². The number of hydrogen-bond acceptors (Lipinski definition) is 4. The SMILES string of the molecule is CC1CCCC(C)N1Nc1c([N+](=O)[O-])ccc(F)c1F. The summed E-state index contributed by atoms with van der Waals surface area (Å²) in [6.07, 6.45) is 2.86. The van der Waals surface area contributed by atoms with Crippen LogP contribution in [0.1, 0.15) is 33.1 Å². The lowest BCUT2D eigenvalue weighted by Crippen LogP contribution is -2.47. The average molecular weight is 285 g/mol. The van der Waals surface area contributed by atoms with Gasteiger partial charge < -0.3 is 5.43 Å². The van der Waals surface area contributed by atoms with Crippen LogP contribution in [0.15, 0.2) is 12.1 Å². The highest BCUT2D eigenvalue weighted by Gasteiger charge is 2.29. The highest BCUT2D eigenvalue weighted by molar-refractivity contribution is 5.62. The summed E-state index contributed by atoms with van der Waals surface area (Å²) in [6.45, 7) is 3.90. The number of piperidine rings is 1. The fourth-order valence-corrected chi connectivity index (χ4v) is 2.57. The molecule has 0 aliphatic carbocycles. The number of hydrogen-bond donors (Lipinski definition) is 1. The maximum absolute atomic E-state index is 13.9. The van der Waals surface area contributed by atoms with Gasteiger partial charge in [0.05, 0.1) is 4.92 Å². The van der Waals surface area contributed by atoms with Crippen LogP contribution in [0.5, 0.6) is 0 Å². The largest absolute Gasteiger partial charge is 0.310 e. The second-order valence-corrected chi connectivity index (χ2v) is 5.16. The maximum atomic E-state index is 13.9. The minimum Gasteiger partial charge on any atom is -0.310 e. The minimum absolute atomic E-state index is 0.0982. The van der Waals surface area contributed by atoms with E-state index in [0.717, 1.165) is 31.4 Å². The first kappa shape index (κ1) is 14.6. The van der Waals surface area contributed by atoms with Crippen molar-refractivity contribution in [2.75, 3.05) is 5.43 Å². The molecule has 0 bridgehead atoms. The zero-order valence-electron chi connectivity index (χ0n) is 11.4. The van der Waals surface area contributed by atoms with E-state index in [2.05, 4.69) is 5.43 Å². The number of hydrazine groups is 1. The monoisotopic (exact) mass is 285 g/mol. The number of rotatable bonds is 3. The van der Waals surface area contributed by atoms with Gasteiger partial charge >= 0.3 is 0 Å². The highest BCUT2D eigenvalue weighted by Crippen LogP contribution is 2.32. The molecule has 1 aromatic rings.